The Bertz CT molecular complexity index is 1100. The highest BCUT2D eigenvalue weighted by atomic mass is 19.4. The Balaban J connectivity index is 1.54. The van der Waals surface area contributed by atoms with Crippen LogP contribution in [0.1, 0.15) is 37.4 Å². The first kappa shape index (κ1) is 20.2. The van der Waals surface area contributed by atoms with Crippen molar-refractivity contribution >= 4 is 12.4 Å². The minimum absolute atomic E-state index is 0.149. The van der Waals surface area contributed by atoms with Crippen LogP contribution < -0.4 is 0 Å². The van der Waals surface area contributed by atoms with E-state index in [1.54, 1.807) is 29.1 Å². The predicted octanol–water partition coefficient (Wildman–Crippen LogP) is 5.69. The van der Waals surface area contributed by atoms with Crippen LogP contribution in [-0.4, -0.2) is 22.2 Å². The molecule has 1 heterocycles. The summed E-state index contributed by atoms with van der Waals surface area (Å²) in [6.45, 7) is 2.07. The van der Waals surface area contributed by atoms with Gasteiger partial charge in [-0.15, -0.1) is 0 Å². The van der Waals surface area contributed by atoms with Gasteiger partial charge in [0.05, 0.1) is 23.5 Å². The SMILES string of the molecule is C[C@]12Cc3cnn(-c4ccc(F)cc4)c3C=C1CC[C@H]1C2=CC[C@@H](C(F)(F)F)[C@@H]1C=O. The molecule has 3 aliphatic rings. The van der Waals surface area contributed by atoms with E-state index in [1.165, 1.54) is 12.1 Å². The number of fused-ring (bicyclic) bond motifs is 4. The van der Waals surface area contributed by atoms with Crippen LogP contribution in [-0.2, 0) is 11.2 Å². The zero-order valence-corrected chi connectivity index (χ0v) is 17.0. The van der Waals surface area contributed by atoms with Crippen LogP contribution in [0.2, 0.25) is 0 Å². The first-order valence-electron chi connectivity index (χ1n) is 10.5. The van der Waals surface area contributed by atoms with Gasteiger partial charge < -0.3 is 4.79 Å². The van der Waals surface area contributed by atoms with Crippen LogP contribution >= 0.6 is 0 Å². The van der Waals surface area contributed by atoms with E-state index in [9.17, 15) is 22.4 Å². The van der Waals surface area contributed by atoms with Gasteiger partial charge in [-0.25, -0.2) is 9.07 Å². The molecule has 1 aromatic heterocycles. The molecule has 0 N–H and O–H groups in total. The van der Waals surface area contributed by atoms with Gasteiger partial charge in [0, 0.05) is 11.3 Å². The summed E-state index contributed by atoms with van der Waals surface area (Å²) in [5, 5.41) is 4.49. The lowest BCUT2D eigenvalue weighted by atomic mass is 9.54. The van der Waals surface area contributed by atoms with Gasteiger partial charge in [0.15, 0.2) is 0 Å². The molecule has 3 aliphatic carbocycles. The number of aldehydes is 1. The van der Waals surface area contributed by atoms with E-state index in [0.29, 0.717) is 25.5 Å². The van der Waals surface area contributed by atoms with E-state index in [0.717, 1.165) is 28.1 Å². The summed E-state index contributed by atoms with van der Waals surface area (Å²) < 4.78 is 55.6. The van der Waals surface area contributed by atoms with E-state index >= 15 is 0 Å². The molecule has 162 valence electrons. The zero-order chi connectivity index (χ0) is 22.0. The zero-order valence-electron chi connectivity index (χ0n) is 17.0. The van der Waals surface area contributed by atoms with Crippen LogP contribution in [0.25, 0.3) is 11.8 Å². The van der Waals surface area contributed by atoms with E-state index in [1.807, 2.05) is 0 Å². The monoisotopic (exact) mass is 430 g/mol. The van der Waals surface area contributed by atoms with Crippen molar-refractivity contribution in [1.29, 1.82) is 0 Å². The fourth-order valence-electron chi connectivity index (χ4n) is 5.81. The maximum Gasteiger partial charge on any atom is 0.392 e. The number of rotatable bonds is 2. The number of halogens is 4. The van der Waals surface area contributed by atoms with Gasteiger partial charge in [-0.3, -0.25) is 0 Å². The second kappa shape index (κ2) is 6.90. The predicted molar refractivity (Wildman–Crippen MR) is 108 cm³/mol. The summed E-state index contributed by atoms with van der Waals surface area (Å²) in [6.07, 6.45) is 3.40. The van der Waals surface area contributed by atoms with Crippen LogP contribution in [0, 0.1) is 29.0 Å². The van der Waals surface area contributed by atoms with Crippen LogP contribution in [0.15, 0.2) is 47.7 Å². The first-order valence-corrected chi connectivity index (χ1v) is 10.5. The number of hydrogen-bond acceptors (Lipinski definition) is 2. The van der Waals surface area contributed by atoms with Gasteiger partial charge >= 0.3 is 6.18 Å². The van der Waals surface area contributed by atoms with Gasteiger partial charge in [-0.2, -0.15) is 18.3 Å². The average Bonchev–Trinajstić information content (AvgIpc) is 3.13. The fraction of sp³-hybridized carbons (Fsp3) is 0.417. The molecule has 0 spiro atoms. The van der Waals surface area contributed by atoms with Crippen molar-refractivity contribution in [3.8, 4) is 5.69 Å². The lowest BCUT2D eigenvalue weighted by Gasteiger charge is -2.50. The number of benzene rings is 1. The molecule has 2 aromatic rings. The minimum atomic E-state index is -4.37. The smallest absolute Gasteiger partial charge is 0.303 e. The fourth-order valence-corrected chi connectivity index (χ4v) is 5.81. The molecule has 0 unspecified atom stereocenters. The Morgan fingerprint density at radius 3 is 2.65 bits per heavy atom. The molecule has 7 heteroatoms. The Morgan fingerprint density at radius 2 is 1.97 bits per heavy atom. The number of hydrogen-bond donors (Lipinski definition) is 0. The summed E-state index contributed by atoms with van der Waals surface area (Å²) in [5.41, 5.74) is 4.38. The maximum atomic E-state index is 13.5. The normalized spacial score (nSPS) is 29.9. The quantitative estimate of drug-likeness (QED) is 0.349. The number of allylic oxidation sites excluding steroid dienone is 3. The first-order chi connectivity index (χ1) is 14.7. The molecule has 31 heavy (non-hydrogen) atoms. The third-order valence-corrected chi connectivity index (χ3v) is 7.38. The second-order valence-electron chi connectivity index (χ2n) is 9.02. The van der Waals surface area contributed by atoms with Gasteiger partial charge in [0.1, 0.15) is 12.1 Å². The Morgan fingerprint density at radius 1 is 1.23 bits per heavy atom. The highest BCUT2D eigenvalue weighted by Gasteiger charge is 2.54. The Labute approximate surface area is 177 Å². The molecule has 0 amide bonds. The number of alkyl halides is 3. The van der Waals surface area contributed by atoms with Gasteiger partial charge in [0.25, 0.3) is 0 Å². The third-order valence-electron chi connectivity index (χ3n) is 7.38. The van der Waals surface area contributed by atoms with E-state index in [4.69, 9.17) is 0 Å². The van der Waals surface area contributed by atoms with Crippen LogP contribution in [0.3, 0.4) is 0 Å². The molecular formula is C24H22F4N2O. The molecule has 0 aliphatic heterocycles. The Hall–Kier alpha value is -2.70. The summed E-state index contributed by atoms with van der Waals surface area (Å²) in [7, 11) is 0. The molecule has 5 rings (SSSR count). The summed E-state index contributed by atoms with van der Waals surface area (Å²) in [4.78, 5) is 11.7. The van der Waals surface area contributed by atoms with Gasteiger partial charge in [-0.05, 0) is 67.5 Å². The minimum Gasteiger partial charge on any atom is -0.303 e. The lowest BCUT2D eigenvalue weighted by molar-refractivity contribution is -0.193. The highest BCUT2D eigenvalue weighted by molar-refractivity contribution is 5.65. The molecule has 1 aromatic carbocycles. The Kier molecular flexibility index (Phi) is 4.50. The van der Waals surface area contributed by atoms with E-state index < -0.39 is 23.4 Å². The maximum absolute atomic E-state index is 13.5. The summed E-state index contributed by atoms with van der Waals surface area (Å²) in [5.74, 6) is -3.33. The van der Waals surface area contributed by atoms with Crippen molar-refractivity contribution < 1.29 is 22.4 Å². The largest absolute Gasteiger partial charge is 0.392 e. The molecule has 1 fully saturated rings. The van der Waals surface area contributed by atoms with Gasteiger partial charge in [-0.1, -0.05) is 24.1 Å². The third kappa shape index (κ3) is 3.08. The number of carbonyl (C=O) groups excluding carboxylic acids is 1. The lowest BCUT2D eigenvalue weighted by Crippen LogP contribution is -2.45. The molecule has 0 radical (unpaired) electrons. The summed E-state index contributed by atoms with van der Waals surface area (Å²) >= 11 is 0. The molecular weight excluding hydrogens is 408 g/mol. The molecule has 1 saturated carbocycles. The number of carbonyl (C=O) groups is 1. The van der Waals surface area contributed by atoms with Crippen molar-refractivity contribution in [3.63, 3.8) is 0 Å². The molecule has 0 saturated heterocycles. The van der Waals surface area contributed by atoms with Crippen molar-refractivity contribution in [1.82, 2.24) is 9.78 Å². The molecule has 0 bridgehead atoms. The van der Waals surface area contributed by atoms with Crippen molar-refractivity contribution in [2.45, 2.75) is 38.8 Å². The average molecular weight is 430 g/mol. The summed E-state index contributed by atoms with van der Waals surface area (Å²) in [6, 6.07) is 6.11. The molecule has 4 atom stereocenters. The number of nitrogens with zero attached hydrogens (tertiary/aromatic N) is 2. The van der Waals surface area contributed by atoms with E-state index in [2.05, 4.69) is 18.1 Å². The molecule has 3 nitrogen and oxygen atoms in total. The van der Waals surface area contributed by atoms with Crippen LogP contribution in [0.5, 0.6) is 0 Å². The standard InChI is InChI=1S/C24H22F4N2O/c1-23-11-14-12-29-30(17-5-3-16(25)4-6-17)22(14)10-15(23)2-7-18-19(13-31)21(24(26,27)28)9-8-20(18)23/h3-6,8,10,12-13,18-19,21H,2,7,9,11H2,1H3/t18-,19-,21-,23+/m1/s1. The van der Waals surface area contributed by atoms with Crippen molar-refractivity contribution in [2.75, 3.05) is 0 Å². The van der Waals surface area contributed by atoms with Crippen LogP contribution in [0.4, 0.5) is 17.6 Å². The van der Waals surface area contributed by atoms with E-state index in [-0.39, 0.29) is 18.2 Å². The van der Waals surface area contributed by atoms with Crippen molar-refractivity contribution in [2.24, 2.45) is 23.2 Å². The topological polar surface area (TPSA) is 34.9 Å². The second-order valence-corrected chi connectivity index (χ2v) is 9.02. The van der Waals surface area contributed by atoms with Gasteiger partial charge in [0.2, 0.25) is 0 Å². The van der Waals surface area contributed by atoms with Crippen molar-refractivity contribution in [3.05, 3.63) is 64.8 Å². The number of aromatic nitrogens is 2. The highest BCUT2D eigenvalue weighted by Crippen LogP contribution is 2.58.